The van der Waals surface area contributed by atoms with Gasteiger partial charge in [-0.05, 0) is 75.2 Å². The maximum absolute atomic E-state index is 13.5. The van der Waals surface area contributed by atoms with E-state index >= 15 is 0 Å². The first-order chi connectivity index (χ1) is 15.5. The second-order valence-electron chi connectivity index (χ2n) is 9.49. The van der Waals surface area contributed by atoms with Crippen molar-refractivity contribution in [3.8, 4) is 0 Å². The van der Waals surface area contributed by atoms with Crippen LogP contribution in [0.1, 0.15) is 59.9 Å². The number of likely N-dealkylation sites (tertiary alicyclic amines) is 1. The number of nitrogens with zero attached hydrogens (tertiary/aromatic N) is 4. The van der Waals surface area contributed by atoms with Gasteiger partial charge in [0.2, 0.25) is 0 Å². The van der Waals surface area contributed by atoms with Crippen LogP contribution in [0.5, 0.6) is 0 Å². The molecule has 174 valence electrons. The number of piperidine rings is 1. The van der Waals surface area contributed by atoms with Crippen LogP contribution in [0.25, 0.3) is 0 Å². The highest BCUT2D eigenvalue weighted by molar-refractivity contribution is 5.92. The molecule has 0 radical (unpaired) electrons. The van der Waals surface area contributed by atoms with Gasteiger partial charge < -0.3 is 9.64 Å². The molecule has 2 aromatic rings. The molecule has 6 nitrogen and oxygen atoms in total. The van der Waals surface area contributed by atoms with Gasteiger partial charge in [0.1, 0.15) is 5.69 Å². The number of rotatable bonds is 8. The molecule has 4 rings (SSSR count). The van der Waals surface area contributed by atoms with E-state index in [0.29, 0.717) is 18.2 Å². The lowest BCUT2D eigenvalue weighted by atomic mass is 9.95. The third kappa shape index (κ3) is 5.59. The molecular formula is C26H38N4O2. The van der Waals surface area contributed by atoms with Gasteiger partial charge in [-0.2, -0.15) is 5.10 Å². The number of hydrogen-bond acceptors (Lipinski definition) is 4. The van der Waals surface area contributed by atoms with E-state index in [1.54, 1.807) is 4.68 Å². The topological polar surface area (TPSA) is 50.6 Å². The smallest absolute Gasteiger partial charge is 0.272 e. The summed E-state index contributed by atoms with van der Waals surface area (Å²) in [5.41, 5.74) is 4.45. The third-order valence-corrected chi connectivity index (χ3v) is 7.09. The van der Waals surface area contributed by atoms with Crippen molar-refractivity contribution in [3.05, 3.63) is 52.8 Å². The summed E-state index contributed by atoms with van der Waals surface area (Å²) in [6, 6.07) is 10.6. The molecule has 1 aromatic heterocycles. The number of ether oxygens (including phenoxy) is 1. The fourth-order valence-corrected chi connectivity index (χ4v) is 5.00. The molecule has 2 aliphatic rings. The number of hydrogen-bond donors (Lipinski definition) is 0. The van der Waals surface area contributed by atoms with Crippen molar-refractivity contribution in [1.29, 1.82) is 0 Å². The Labute approximate surface area is 192 Å². The highest BCUT2D eigenvalue weighted by Gasteiger charge is 2.29. The Morgan fingerprint density at radius 1 is 1.19 bits per heavy atom. The fourth-order valence-electron chi connectivity index (χ4n) is 5.00. The molecule has 0 spiro atoms. The van der Waals surface area contributed by atoms with Crippen LogP contribution in [-0.4, -0.2) is 64.4 Å². The zero-order valence-corrected chi connectivity index (χ0v) is 19.9. The Morgan fingerprint density at radius 2 is 1.97 bits per heavy atom. The molecule has 1 atom stereocenters. The highest BCUT2D eigenvalue weighted by Crippen LogP contribution is 2.23. The second-order valence-corrected chi connectivity index (χ2v) is 9.49. The number of amides is 1. The second kappa shape index (κ2) is 10.6. The Hall–Kier alpha value is -2.18. The van der Waals surface area contributed by atoms with Crippen LogP contribution in [0.15, 0.2) is 30.3 Å². The van der Waals surface area contributed by atoms with E-state index in [-0.39, 0.29) is 12.0 Å². The molecule has 32 heavy (non-hydrogen) atoms. The summed E-state index contributed by atoms with van der Waals surface area (Å²) in [6.07, 6.45) is 5.41. The molecule has 1 aromatic carbocycles. The van der Waals surface area contributed by atoms with E-state index in [0.717, 1.165) is 70.6 Å². The third-order valence-electron chi connectivity index (χ3n) is 7.09. The Bertz CT molecular complexity index is 895. The van der Waals surface area contributed by atoms with Gasteiger partial charge in [-0.25, -0.2) is 0 Å². The Balaban J connectivity index is 1.38. The summed E-state index contributed by atoms with van der Waals surface area (Å²) in [6.45, 7) is 9.78. The van der Waals surface area contributed by atoms with E-state index in [9.17, 15) is 4.79 Å². The van der Waals surface area contributed by atoms with Crippen molar-refractivity contribution in [2.75, 3.05) is 32.8 Å². The first-order valence-corrected chi connectivity index (χ1v) is 12.2. The first-order valence-electron chi connectivity index (χ1n) is 12.2. The predicted octanol–water partition coefficient (Wildman–Crippen LogP) is 3.82. The van der Waals surface area contributed by atoms with Gasteiger partial charge in [-0.3, -0.25) is 14.4 Å². The molecular weight excluding hydrogens is 400 g/mol. The summed E-state index contributed by atoms with van der Waals surface area (Å²) in [7, 11) is 1.88. The summed E-state index contributed by atoms with van der Waals surface area (Å²) in [4.78, 5) is 18.1. The number of carbonyl (C=O) groups excluding carboxylic acids is 1. The Morgan fingerprint density at radius 3 is 2.62 bits per heavy atom. The minimum Gasteiger partial charge on any atom is -0.376 e. The monoisotopic (exact) mass is 438 g/mol. The summed E-state index contributed by atoms with van der Waals surface area (Å²) in [5.74, 6) is 0.630. The van der Waals surface area contributed by atoms with Crippen molar-refractivity contribution in [2.24, 2.45) is 13.0 Å². The van der Waals surface area contributed by atoms with Crippen LogP contribution in [0.3, 0.4) is 0 Å². The zero-order chi connectivity index (χ0) is 22.5. The number of aryl methyl sites for hydroxylation is 3. The predicted molar refractivity (Wildman–Crippen MR) is 127 cm³/mol. The van der Waals surface area contributed by atoms with Gasteiger partial charge in [0, 0.05) is 33.3 Å². The van der Waals surface area contributed by atoms with Crippen LogP contribution in [-0.2, 0) is 24.8 Å². The van der Waals surface area contributed by atoms with E-state index in [2.05, 4.69) is 48.1 Å². The lowest BCUT2D eigenvalue weighted by Gasteiger charge is -2.35. The standard InChI is InChI=1S/C26H38N4O2/c1-4-23-16-25(28(3)27-23)26(31)30(19-24-10-7-15-32-24)17-21-11-13-29(14-12-21)18-22-9-6-5-8-20(22)2/h5-6,8-9,16,21,24H,4,7,10-15,17-19H2,1-3H3/t24-/m0/s1. The Kier molecular flexibility index (Phi) is 7.63. The van der Waals surface area contributed by atoms with Gasteiger partial charge >= 0.3 is 0 Å². The van der Waals surface area contributed by atoms with E-state index in [4.69, 9.17) is 4.74 Å². The molecule has 2 fully saturated rings. The van der Waals surface area contributed by atoms with Crippen LogP contribution in [0.2, 0.25) is 0 Å². The normalized spacial score (nSPS) is 20.0. The van der Waals surface area contributed by atoms with Crippen molar-refractivity contribution < 1.29 is 9.53 Å². The molecule has 0 aliphatic carbocycles. The fraction of sp³-hybridized carbons (Fsp3) is 0.615. The van der Waals surface area contributed by atoms with Crippen LogP contribution in [0, 0.1) is 12.8 Å². The summed E-state index contributed by atoms with van der Waals surface area (Å²) < 4.78 is 7.63. The van der Waals surface area contributed by atoms with Crippen molar-refractivity contribution >= 4 is 5.91 Å². The number of aromatic nitrogens is 2. The molecule has 0 unspecified atom stereocenters. The van der Waals surface area contributed by atoms with E-state index in [1.807, 2.05) is 18.0 Å². The molecule has 1 amide bonds. The van der Waals surface area contributed by atoms with Gasteiger partial charge in [0.25, 0.3) is 5.91 Å². The summed E-state index contributed by atoms with van der Waals surface area (Å²) in [5, 5.41) is 4.50. The lowest BCUT2D eigenvalue weighted by molar-refractivity contribution is 0.0437. The van der Waals surface area contributed by atoms with Gasteiger partial charge in [-0.15, -0.1) is 0 Å². The highest BCUT2D eigenvalue weighted by atomic mass is 16.5. The summed E-state index contributed by atoms with van der Waals surface area (Å²) >= 11 is 0. The van der Waals surface area contributed by atoms with Crippen molar-refractivity contribution in [2.45, 2.75) is 58.6 Å². The van der Waals surface area contributed by atoms with Gasteiger partial charge in [0.15, 0.2) is 0 Å². The van der Waals surface area contributed by atoms with Crippen LogP contribution < -0.4 is 0 Å². The molecule has 6 heteroatoms. The maximum Gasteiger partial charge on any atom is 0.272 e. The first kappa shape index (κ1) is 23.0. The minimum atomic E-state index is 0.0949. The lowest BCUT2D eigenvalue weighted by Crippen LogP contribution is -2.44. The SMILES string of the molecule is CCc1cc(C(=O)N(CC2CCN(Cc3ccccc3C)CC2)C[C@@H]2CCCO2)n(C)n1. The zero-order valence-electron chi connectivity index (χ0n) is 19.9. The average molecular weight is 439 g/mol. The van der Waals surface area contributed by atoms with Crippen LogP contribution >= 0.6 is 0 Å². The molecule has 0 bridgehead atoms. The molecule has 3 heterocycles. The van der Waals surface area contributed by atoms with Gasteiger partial charge in [0.05, 0.1) is 11.8 Å². The van der Waals surface area contributed by atoms with Gasteiger partial charge in [-0.1, -0.05) is 31.2 Å². The molecule has 0 saturated carbocycles. The molecule has 2 aliphatic heterocycles. The maximum atomic E-state index is 13.5. The quantitative estimate of drug-likeness (QED) is 0.629. The average Bonchev–Trinajstić information content (AvgIpc) is 3.45. The minimum absolute atomic E-state index is 0.0949. The molecule has 2 saturated heterocycles. The van der Waals surface area contributed by atoms with E-state index in [1.165, 1.54) is 11.1 Å². The number of benzene rings is 1. The van der Waals surface area contributed by atoms with E-state index < -0.39 is 0 Å². The van der Waals surface area contributed by atoms with Crippen molar-refractivity contribution in [1.82, 2.24) is 19.6 Å². The van der Waals surface area contributed by atoms with Crippen molar-refractivity contribution in [3.63, 3.8) is 0 Å². The van der Waals surface area contributed by atoms with Crippen LogP contribution in [0.4, 0.5) is 0 Å². The molecule has 0 N–H and O–H groups in total. The largest absolute Gasteiger partial charge is 0.376 e. The number of carbonyl (C=O) groups is 1.